The van der Waals surface area contributed by atoms with Crippen molar-refractivity contribution in [3.05, 3.63) is 18.0 Å². The third-order valence-electron chi connectivity index (χ3n) is 2.56. The van der Waals surface area contributed by atoms with E-state index in [1.807, 2.05) is 31.1 Å². The Bertz CT molecular complexity index is 508. The molecule has 6 heteroatoms. The molecule has 2 heterocycles. The predicted octanol–water partition coefficient (Wildman–Crippen LogP) is 0.406. The van der Waals surface area contributed by atoms with Gasteiger partial charge >= 0.3 is 0 Å². The summed E-state index contributed by atoms with van der Waals surface area (Å²) < 4.78 is 0. The highest BCUT2D eigenvalue weighted by Gasteiger charge is 2.12. The molecule has 0 radical (unpaired) electrons. The van der Waals surface area contributed by atoms with Gasteiger partial charge in [0.15, 0.2) is 5.65 Å². The normalized spacial score (nSPS) is 12.9. The minimum atomic E-state index is -0.656. The number of fused-ring (bicyclic) bond motifs is 1. The van der Waals surface area contributed by atoms with E-state index in [9.17, 15) is 5.11 Å². The van der Waals surface area contributed by atoms with E-state index in [1.54, 1.807) is 0 Å². The number of nitrogens with one attached hydrogen (secondary N) is 1. The van der Waals surface area contributed by atoms with Gasteiger partial charge in [-0.3, -0.25) is 0 Å². The molecule has 0 saturated carbocycles. The Hall–Kier alpha value is -1.66. The van der Waals surface area contributed by atoms with Crippen LogP contribution in [0.4, 0.5) is 5.82 Å². The van der Waals surface area contributed by atoms with Gasteiger partial charge in [-0.2, -0.15) is 0 Å². The van der Waals surface area contributed by atoms with E-state index in [2.05, 4.69) is 15.0 Å². The number of hydrogen-bond acceptors (Lipinski definition) is 5. The quantitative estimate of drug-likeness (QED) is 0.713. The van der Waals surface area contributed by atoms with Crippen molar-refractivity contribution in [3.8, 4) is 0 Å². The first-order valence-electron chi connectivity index (χ1n) is 5.54. The molecule has 1 atom stereocenters. The molecular weight excluding hydrogens is 218 g/mol. The van der Waals surface area contributed by atoms with Crippen LogP contribution in [-0.4, -0.2) is 40.7 Å². The lowest BCUT2D eigenvalue weighted by atomic mass is 10.2. The third-order valence-corrected chi connectivity index (χ3v) is 2.56. The summed E-state index contributed by atoms with van der Waals surface area (Å²) in [5.74, 6) is 1.36. The van der Waals surface area contributed by atoms with Crippen LogP contribution in [0.25, 0.3) is 11.2 Å². The van der Waals surface area contributed by atoms with Gasteiger partial charge in [-0.1, -0.05) is 0 Å². The van der Waals surface area contributed by atoms with E-state index in [-0.39, 0.29) is 0 Å². The molecule has 92 valence electrons. The largest absolute Gasteiger partial charge is 0.385 e. The van der Waals surface area contributed by atoms with Crippen molar-refractivity contribution in [1.29, 1.82) is 0 Å². The van der Waals surface area contributed by atoms with E-state index in [0.29, 0.717) is 24.4 Å². The SMILES string of the molecule is CN(C)c1ccc2[nH]c(C(O)CCN)nc2n1. The number of H-pyrrole nitrogens is 1. The van der Waals surface area contributed by atoms with Crippen LogP contribution < -0.4 is 10.6 Å². The van der Waals surface area contributed by atoms with Gasteiger partial charge in [0, 0.05) is 14.1 Å². The molecule has 2 aromatic heterocycles. The van der Waals surface area contributed by atoms with E-state index >= 15 is 0 Å². The minimum absolute atomic E-state index is 0.425. The number of aromatic amines is 1. The Morgan fingerprint density at radius 3 is 2.82 bits per heavy atom. The van der Waals surface area contributed by atoms with Gasteiger partial charge in [-0.15, -0.1) is 0 Å². The summed E-state index contributed by atoms with van der Waals surface area (Å²) in [5, 5.41) is 9.79. The number of nitrogens with two attached hydrogens (primary N) is 1. The van der Waals surface area contributed by atoms with Crippen LogP contribution in [0.15, 0.2) is 12.1 Å². The zero-order valence-electron chi connectivity index (χ0n) is 10.0. The average Bonchev–Trinajstić information content (AvgIpc) is 2.71. The van der Waals surface area contributed by atoms with Crippen LogP contribution in [0, 0.1) is 0 Å². The molecule has 0 aliphatic carbocycles. The lowest BCUT2D eigenvalue weighted by Gasteiger charge is -2.09. The Morgan fingerprint density at radius 1 is 1.41 bits per heavy atom. The van der Waals surface area contributed by atoms with Crippen molar-refractivity contribution in [1.82, 2.24) is 15.0 Å². The van der Waals surface area contributed by atoms with Gasteiger partial charge in [-0.25, -0.2) is 9.97 Å². The zero-order valence-corrected chi connectivity index (χ0v) is 10.0. The van der Waals surface area contributed by atoms with Crippen molar-refractivity contribution in [2.24, 2.45) is 5.73 Å². The number of aromatic nitrogens is 3. The lowest BCUT2D eigenvalue weighted by Crippen LogP contribution is -2.10. The number of pyridine rings is 1. The van der Waals surface area contributed by atoms with Crippen LogP contribution >= 0.6 is 0 Å². The highest BCUT2D eigenvalue weighted by molar-refractivity contribution is 5.73. The standard InChI is InChI=1S/C11H17N5O/c1-16(2)9-4-3-7-10(14-9)15-11(13-7)8(17)5-6-12/h3-4,8,17H,5-6,12H2,1-2H3,(H,13,14,15). The summed E-state index contributed by atoms with van der Waals surface area (Å²) in [5.41, 5.74) is 6.84. The maximum atomic E-state index is 9.79. The maximum absolute atomic E-state index is 9.79. The van der Waals surface area contributed by atoms with E-state index in [4.69, 9.17) is 5.73 Å². The van der Waals surface area contributed by atoms with Crippen LogP contribution in [0.3, 0.4) is 0 Å². The lowest BCUT2D eigenvalue weighted by molar-refractivity contribution is 0.162. The fraction of sp³-hybridized carbons (Fsp3) is 0.455. The number of nitrogens with zero attached hydrogens (tertiary/aromatic N) is 3. The van der Waals surface area contributed by atoms with Crippen LogP contribution in [0.5, 0.6) is 0 Å². The number of rotatable bonds is 4. The second-order valence-electron chi connectivity index (χ2n) is 4.15. The number of aliphatic hydroxyl groups excluding tert-OH is 1. The Kier molecular flexibility index (Phi) is 3.26. The smallest absolute Gasteiger partial charge is 0.179 e. The van der Waals surface area contributed by atoms with E-state index in [0.717, 1.165) is 11.3 Å². The van der Waals surface area contributed by atoms with Crippen molar-refractivity contribution < 1.29 is 5.11 Å². The van der Waals surface area contributed by atoms with Crippen molar-refractivity contribution in [2.75, 3.05) is 25.5 Å². The Balaban J connectivity index is 2.36. The molecule has 6 nitrogen and oxygen atoms in total. The van der Waals surface area contributed by atoms with E-state index < -0.39 is 6.10 Å². The highest BCUT2D eigenvalue weighted by atomic mass is 16.3. The number of aliphatic hydroxyl groups is 1. The molecule has 2 rings (SSSR count). The van der Waals surface area contributed by atoms with Gasteiger partial charge in [-0.05, 0) is 25.1 Å². The van der Waals surface area contributed by atoms with Gasteiger partial charge in [0.1, 0.15) is 17.7 Å². The second kappa shape index (κ2) is 4.68. The minimum Gasteiger partial charge on any atom is -0.385 e. The predicted molar refractivity (Wildman–Crippen MR) is 66.8 cm³/mol. The molecule has 4 N–H and O–H groups in total. The first-order valence-corrected chi connectivity index (χ1v) is 5.54. The highest BCUT2D eigenvalue weighted by Crippen LogP contribution is 2.19. The van der Waals surface area contributed by atoms with Crippen molar-refractivity contribution in [2.45, 2.75) is 12.5 Å². The summed E-state index contributed by atoms with van der Waals surface area (Å²) in [4.78, 5) is 13.6. The number of anilines is 1. The molecule has 2 aromatic rings. The van der Waals surface area contributed by atoms with Gasteiger partial charge < -0.3 is 20.7 Å². The number of hydrogen-bond donors (Lipinski definition) is 3. The van der Waals surface area contributed by atoms with Gasteiger partial charge in [0.2, 0.25) is 0 Å². The van der Waals surface area contributed by atoms with Gasteiger partial charge in [0.25, 0.3) is 0 Å². The van der Waals surface area contributed by atoms with Crippen LogP contribution in [0.1, 0.15) is 18.3 Å². The molecular formula is C11H17N5O. The van der Waals surface area contributed by atoms with Crippen LogP contribution in [-0.2, 0) is 0 Å². The summed E-state index contributed by atoms with van der Waals surface area (Å²) in [7, 11) is 3.84. The molecule has 0 bridgehead atoms. The average molecular weight is 235 g/mol. The molecule has 0 saturated heterocycles. The van der Waals surface area contributed by atoms with Crippen molar-refractivity contribution >= 4 is 17.0 Å². The molecule has 0 aromatic carbocycles. The number of imidazole rings is 1. The monoisotopic (exact) mass is 235 g/mol. The summed E-state index contributed by atoms with van der Waals surface area (Å²) in [6.45, 7) is 0.425. The molecule has 0 aliphatic heterocycles. The molecule has 0 spiro atoms. The zero-order chi connectivity index (χ0) is 12.4. The molecule has 0 fully saturated rings. The van der Waals surface area contributed by atoms with Gasteiger partial charge in [0.05, 0.1) is 5.52 Å². The first kappa shape index (κ1) is 11.8. The first-order chi connectivity index (χ1) is 8.11. The fourth-order valence-corrected chi connectivity index (χ4v) is 1.60. The fourth-order valence-electron chi connectivity index (χ4n) is 1.60. The third kappa shape index (κ3) is 2.37. The summed E-state index contributed by atoms with van der Waals surface area (Å²) >= 11 is 0. The second-order valence-corrected chi connectivity index (χ2v) is 4.15. The van der Waals surface area contributed by atoms with Crippen molar-refractivity contribution in [3.63, 3.8) is 0 Å². The molecule has 0 aliphatic rings. The molecule has 0 amide bonds. The maximum Gasteiger partial charge on any atom is 0.179 e. The summed E-state index contributed by atoms with van der Waals surface area (Å²) in [6, 6.07) is 3.81. The molecule has 17 heavy (non-hydrogen) atoms. The summed E-state index contributed by atoms with van der Waals surface area (Å²) in [6.07, 6.45) is -0.169. The molecule has 1 unspecified atom stereocenters. The van der Waals surface area contributed by atoms with Crippen LogP contribution in [0.2, 0.25) is 0 Å². The topological polar surface area (TPSA) is 91.1 Å². The Labute approximate surface area is 99.5 Å². The van der Waals surface area contributed by atoms with E-state index in [1.165, 1.54) is 0 Å². The Morgan fingerprint density at radius 2 is 2.18 bits per heavy atom.